The van der Waals surface area contributed by atoms with E-state index in [1.165, 1.54) is 0 Å². The molecule has 3 aromatic rings. The van der Waals surface area contributed by atoms with Crippen molar-refractivity contribution in [3.63, 3.8) is 0 Å². The van der Waals surface area contributed by atoms with E-state index in [4.69, 9.17) is 11.3 Å². The Morgan fingerprint density at radius 1 is 1.20 bits per heavy atom. The molecule has 0 aliphatic heterocycles. The van der Waals surface area contributed by atoms with Gasteiger partial charge in [-0.05, 0) is 30.3 Å². The lowest BCUT2D eigenvalue weighted by atomic mass is 10.1. The molecule has 0 atom stereocenters. The van der Waals surface area contributed by atoms with E-state index in [0.717, 1.165) is 22.2 Å². The summed E-state index contributed by atoms with van der Waals surface area (Å²) in [6, 6.07) is 13.0. The molecule has 3 heteroatoms. The molecule has 96 valence electrons. The predicted molar refractivity (Wildman–Crippen MR) is 81.2 cm³/mol. The molecule has 1 N–H and O–H groups in total. The number of nitrogens with one attached hydrogen (secondary N) is 1. The van der Waals surface area contributed by atoms with Gasteiger partial charge in [-0.2, -0.15) is 0 Å². The number of H-pyrrole nitrogens is 1. The van der Waals surface area contributed by atoms with E-state index in [9.17, 15) is 0 Å². The van der Waals surface area contributed by atoms with Crippen LogP contribution in [0, 0.1) is 6.57 Å². The van der Waals surface area contributed by atoms with Gasteiger partial charge in [0.15, 0.2) is 5.69 Å². The summed E-state index contributed by atoms with van der Waals surface area (Å²) in [5, 5.41) is 1.07. The molecule has 0 aliphatic rings. The Balaban J connectivity index is 2.06. The van der Waals surface area contributed by atoms with Crippen LogP contribution in [0.5, 0.6) is 11.5 Å². The quantitative estimate of drug-likeness (QED) is 0.648. The normalized spacial score (nSPS) is 10.2. The summed E-state index contributed by atoms with van der Waals surface area (Å²) in [5.41, 5.74) is 2.55. The van der Waals surface area contributed by atoms with E-state index < -0.39 is 0 Å². The highest BCUT2D eigenvalue weighted by Crippen LogP contribution is 2.33. The van der Waals surface area contributed by atoms with Gasteiger partial charge >= 0.3 is 0 Å². The van der Waals surface area contributed by atoms with Gasteiger partial charge in [0.1, 0.15) is 11.5 Å². The Bertz CT molecular complexity index is 824. The molecule has 3 nitrogen and oxygen atoms in total. The minimum absolute atomic E-state index is 0.561. The summed E-state index contributed by atoms with van der Waals surface area (Å²) >= 11 is 0. The second kappa shape index (κ2) is 4.94. The van der Waals surface area contributed by atoms with Crippen molar-refractivity contribution in [3.8, 4) is 11.5 Å². The zero-order valence-corrected chi connectivity index (χ0v) is 10.8. The highest BCUT2D eigenvalue weighted by Gasteiger charge is 2.08. The molecule has 1 heterocycles. The fraction of sp³-hybridized carbons (Fsp3) is 0. The summed E-state index contributed by atoms with van der Waals surface area (Å²) < 4.78 is 5.89. The maximum Gasteiger partial charge on any atom is 0.190 e. The predicted octanol–water partition coefficient (Wildman–Crippen LogP) is 5.15. The summed E-state index contributed by atoms with van der Waals surface area (Å²) in [5.74, 6) is 1.38. The lowest BCUT2D eigenvalue weighted by Crippen LogP contribution is -1.88. The summed E-state index contributed by atoms with van der Waals surface area (Å²) in [6.07, 6.45) is 3.67. The van der Waals surface area contributed by atoms with Gasteiger partial charge in [-0.1, -0.05) is 24.8 Å². The van der Waals surface area contributed by atoms with E-state index in [1.54, 1.807) is 18.2 Å². The molecule has 0 radical (unpaired) electrons. The molecular weight excluding hydrogens is 248 g/mol. The lowest BCUT2D eigenvalue weighted by Gasteiger charge is -2.10. The fourth-order valence-electron chi connectivity index (χ4n) is 2.18. The van der Waals surface area contributed by atoms with Crippen LogP contribution < -0.4 is 4.74 Å². The molecular formula is C17H12N2O. The van der Waals surface area contributed by atoms with Crippen molar-refractivity contribution in [1.29, 1.82) is 0 Å². The SMILES string of the molecule is [C-]#[N+]c1cccc(Oc2ccc3[nH]ccc3c2C=C)c1. The molecule has 0 saturated carbocycles. The average Bonchev–Trinajstić information content (AvgIpc) is 2.96. The molecule has 0 amide bonds. The van der Waals surface area contributed by atoms with Crippen LogP contribution in [0.2, 0.25) is 0 Å². The number of aromatic amines is 1. The maximum atomic E-state index is 7.03. The monoisotopic (exact) mass is 260 g/mol. The zero-order valence-electron chi connectivity index (χ0n) is 10.8. The number of fused-ring (bicyclic) bond motifs is 1. The third kappa shape index (κ3) is 2.04. The third-order valence-corrected chi connectivity index (χ3v) is 3.11. The smallest absolute Gasteiger partial charge is 0.190 e. The molecule has 1 aromatic heterocycles. The molecule has 3 rings (SSSR count). The molecule has 0 bridgehead atoms. The number of nitrogens with zero attached hydrogens (tertiary/aromatic N) is 1. The number of aromatic nitrogens is 1. The Morgan fingerprint density at radius 2 is 2.10 bits per heavy atom. The van der Waals surface area contributed by atoms with Crippen LogP contribution in [0.15, 0.2) is 55.2 Å². The first-order valence-corrected chi connectivity index (χ1v) is 6.20. The second-order valence-electron chi connectivity index (χ2n) is 4.33. The summed E-state index contributed by atoms with van der Waals surface area (Å²) in [7, 11) is 0. The van der Waals surface area contributed by atoms with Crippen LogP contribution in [-0.4, -0.2) is 4.98 Å². The Morgan fingerprint density at radius 3 is 2.90 bits per heavy atom. The van der Waals surface area contributed by atoms with Crippen LogP contribution in [0.1, 0.15) is 5.56 Å². The molecule has 0 saturated heterocycles. The fourth-order valence-corrected chi connectivity index (χ4v) is 2.18. The number of hydrogen-bond donors (Lipinski definition) is 1. The third-order valence-electron chi connectivity index (χ3n) is 3.11. The largest absolute Gasteiger partial charge is 0.458 e. The number of hydrogen-bond acceptors (Lipinski definition) is 1. The van der Waals surface area contributed by atoms with Crippen molar-refractivity contribution in [2.24, 2.45) is 0 Å². The van der Waals surface area contributed by atoms with Crippen molar-refractivity contribution in [3.05, 3.63) is 72.2 Å². The van der Waals surface area contributed by atoms with Crippen LogP contribution in [0.25, 0.3) is 21.8 Å². The first-order valence-electron chi connectivity index (χ1n) is 6.20. The van der Waals surface area contributed by atoms with Gasteiger partial charge < -0.3 is 9.72 Å². The first kappa shape index (κ1) is 12.1. The van der Waals surface area contributed by atoms with Crippen molar-refractivity contribution in [1.82, 2.24) is 4.98 Å². The van der Waals surface area contributed by atoms with Crippen LogP contribution in [0.4, 0.5) is 5.69 Å². The maximum absolute atomic E-state index is 7.03. The summed E-state index contributed by atoms with van der Waals surface area (Å²) in [6.45, 7) is 10.9. The topological polar surface area (TPSA) is 29.4 Å². The second-order valence-corrected chi connectivity index (χ2v) is 4.33. The Hall–Kier alpha value is -2.99. The molecule has 0 spiro atoms. The van der Waals surface area contributed by atoms with Crippen LogP contribution >= 0.6 is 0 Å². The Labute approximate surface area is 117 Å². The molecule has 20 heavy (non-hydrogen) atoms. The van der Waals surface area contributed by atoms with E-state index in [1.807, 2.05) is 36.5 Å². The van der Waals surface area contributed by atoms with E-state index in [2.05, 4.69) is 16.4 Å². The van der Waals surface area contributed by atoms with Crippen molar-refractivity contribution >= 4 is 22.7 Å². The van der Waals surface area contributed by atoms with Gasteiger partial charge in [-0.15, -0.1) is 0 Å². The van der Waals surface area contributed by atoms with Gasteiger partial charge in [0, 0.05) is 22.7 Å². The van der Waals surface area contributed by atoms with Crippen molar-refractivity contribution in [2.75, 3.05) is 0 Å². The molecule has 0 fully saturated rings. The van der Waals surface area contributed by atoms with Crippen molar-refractivity contribution in [2.45, 2.75) is 0 Å². The highest BCUT2D eigenvalue weighted by molar-refractivity contribution is 5.91. The van der Waals surface area contributed by atoms with Gasteiger partial charge in [0.05, 0.1) is 6.57 Å². The van der Waals surface area contributed by atoms with E-state index >= 15 is 0 Å². The average molecular weight is 260 g/mol. The van der Waals surface area contributed by atoms with Gasteiger partial charge in [0.25, 0.3) is 0 Å². The van der Waals surface area contributed by atoms with Gasteiger partial charge in [-0.25, -0.2) is 4.85 Å². The first-order chi connectivity index (χ1) is 9.81. The number of benzene rings is 2. The lowest BCUT2D eigenvalue weighted by molar-refractivity contribution is 0.483. The van der Waals surface area contributed by atoms with Gasteiger partial charge in [0.2, 0.25) is 0 Å². The van der Waals surface area contributed by atoms with Crippen LogP contribution in [0.3, 0.4) is 0 Å². The van der Waals surface area contributed by atoms with Crippen LogP contribution in [-0.2, 0) is 0 Å². The minimum Gasteiger partial charge on any atom is -0.458 e. The van der Waals surface area contributed by atoms with E-state index in [-0.39, 0.29) is 0 Å². The molecule has 0 unspecified atom stereocenters. The zero-order chi connectivity index (χ0) is 13.9. The number of rotatable bonds is 3. The number of ether oxygens (including phenoxy) is 1. The van der Waals surface area contributed by atoms with Gasteiger partial charge in [-0.3, -0.25) is 0 Å². The highest BCUT2D eigenvalue weighted by atomic mass is 16.5. The standard InChI is InChI=1S/C17H12N2O/c1-3-14-15-9-10-19-16(15)7-8-17(14)20-13-6-4-5-12(11-13)18-2/h3-11,19H,1H2. The summed E-state index contributed by atoms with van der Waals surface area (Å²) in [4.78, 5) is 6.56. The van der Waals surface area contributed by atoms with Crippen molar-refractivity contribution < 1.29 is 4.74 Å². The minimum atomic E-state index is 0.561. The molecule has 0 aliphatic carbocycles. The Kier molecular flexibility index (Phi) is 2.98. The molecule has 2 aromatic carbocycles. The van der Waals surface area contributed by atoms with E-state index in [0.29, 0.717) is 11.4 Å².